The van der Waals surface area contributed by atoms with Gasteiger partial charge in [-0.05, 0) is 59.3 Å². The molecule has 1 aliphatic heterocycles. The van der Waals surface area contributed by atoms with Crippen molar-refractivity contribution in [2.45, 2.75) is 4.90 Å². The minimum absolute atomic E-state index is 0.105. The van der Waals surface area contributed by atoms with E-state index in [9.17, 15) is 13.2 Å². The molecular weight excluding hydrogens is 460 g/mol. The highest BCUT2D eigenvalue weighted by Crippen LogP contribution is 2.25. The highest BCUT2D eigenvalue weighted by Gasteiger charge is 2.30. The van der Waals surface area contributed by atoms with E-state index >= 15 is 0 Å². The molecule has 1 aromatic heterocycles. The van der Waals surface area contributed by atoms with Crippen LogP contribution < -0.4 is 0 Å². The predicted molar refractivity (Wildman–Crippen MR) is 127 cm³/mol. The molecule has 1 amide bonds. The van der Waals surface area contributed by atoms with E-state index in [2.05, 4.69) is 4.98 Å². The smallest absolute Gasteiger partial charge is 0.253 e. The fraction of sp³-hybridized carbons (Fsp3) is 0.167. The molecule has 0 atom stereocenters. The first-order chi connectivity index (χ1) is 15.9. The van der Waals surface area contributed by atoms with Crippen LogP contribution in [0.5, 0.6) is 0 Å². The van der Waals surface area contributed by atoms with Crippen LogP contribution in [0.4, 0.5) is 0 Å². The van der Waals surface area contributed by atoms with Crippen LogP contribution in [0.25, 0.3) is 16.5 Å². The van der Waals surface area contributed by atoms with E-state index in [-0.39, 0.29) is 23.9 Å². The van der Waals surface area contributed by atoms with Crippen molar-refractivity contribution in [3.63, 3.8) is 0 Å². The number of fused-ring (bicyclic) bond motifs is 1. The molecule has 1 fully saturated rings. The Kier molecular flexibility index (Phi) is 5.65. The summed E-state index contributed by atoms with van der Waals surface area (Å²) in [6, 6.07) is 17.7. The average Bonchev–Trinajstić information content (AvgIpc) is 3.38. The number of halogens is 1. The van der Waals surface area contributed by atoms with Crippen molar-refractivity contribution in [1.82, 2.24) is 18.8 Å². The van der Waals surface area contributed by atoms with Crippen LogP contribution in [-0.4, -0.2) is 59.3 Å². The van der Waals surface area contributed by atoms with Crippen molar-refractivity contribution in [3.05, 3.63) is 90.0 Å². The lowest BCUT2D eigenvalue weighted by Gasteiger charge is -2.34. The second-order valence-electron chi connectivity index (χ2n) is 7.87. The molecule has 4 aromatic rings. The molecule has 0 radical (unpaired) electrons. The van der Waals surface area contributed by atoms with Gasteiger partial charge in [0.2, 0.25) is 10.0 Å². The first-order valence-electron chi connectivity index (χ1n) is 10.5. The van der Waals surface area contributed by atoms with Crippen molar-refractivity contribution in [2.24, 2.45) is 0 Å². The number of aromatic nitrogens is 2. The SMILES string of the molecule is O=C(c1ccc(-n2ccnc2)cc1)N1CCN(S(=O)(=O)c2ccc3cc(Cl)ccc3c2)CC1. The number of benzene rings is 3. The monoisotopic (exact) mass is 480 g/mol. The summed E-state index contributed by atoms with van der Waals surface area (Å²) in [4.78, 5) is 18.9. The molecule has 2 heterocycles. The minimum Gasteiger partial charge on any atom is -0.336 e. The summed E-state index contributed by atoms with van der Waals surface area (Å²) < 4.78 is 29.7. The Morgan fingerprint density at radius 3 is 2.27 bits per heavy atom. The van der Waals surface area contributed by atoms with E-state index in [1.54, 1.807) is 59.9 Å². The standard InChI is InChI=1S/C24H21ClN4O3S/c25-21-5-1-20-16-23(8-4-19(20)15-21)33(31,32)29-13-11-27(12-14-29)24(30)18-2-6-22(7-3-18)28-10-9-26-17-28/h1-10,15-17H,11-14H2. The molecule has 0 aliphatic carbocycles. The number of piperazine rings is 1. The topological polar surface area (TPSA) is 75.5 Å². The maximum Gasteiger partial charge on any atom is 0.253 e. The van der Waals surface area contributed by atoms with Gasteiger partial charge in [0.25, 0.3) is 5.91 Å². The highest BCUT2D eigenvalue weighted by atomic mass is 35.5. The average molecular weight is 481 g/mol. The van der Waals surface area contributed by atoms with E-state index in [1.807, 2.05) is 29.0 Å². The maximum absolute atomic E-state index is 13.2. The second kappa shape index (κ2) is 8.62. The molecule has 1 saturated heterocycles. The largest absolute Gasteiger partial charge is 0.336 e. The molecule has 0 unspecified atom stereocenters. The number of sulfonamides is 1. The van der Waals surface area contributed by atoms with Crippen molar-refractivity contribution >= 4 is 38.3 Å². The van der Waals surface area contributed by atoms with Gasteiger partial charge in [-0.25, -0.2) is 13.4 Å². The van der Waals surface area contributed by atoms with Crippen molar-refractivity contribution in [2.75, 3.05) is 26.2 Å². The van der Waals surface area contributed by atoms with Crippen molar-refractivity contribution in [1.29, 1.82) is 0 Å². The number of imidazole rings is 1. The zero-order valence-corrected chi connectivity index (χ0v) is 19.2. The van der Waals surface area contributed by atoms with Crippen LogP contribution >= 0.6 is 11.6 Å². The van der Waals surface area contributed by atoms with E-state index < -0.39 is 10.0 Å². The van der Waals surface area contributed by atoms with Crippen LogP contribution in [-0.2, 0) is 10.0 Å². The number of carbonyl (C=O) groups excluding carboxylic acids is 1. The molecule has 0 saturated carbocycles. The van der Waals surface area contributed by atoms with Crippen LogP contribution in [0, 0.1) is 0 Å². The van der Waals surface area contributed by atoms with Gasteiger partial charge in [0, 0.05) is 54.8 Å². The molecular formula is C24H21ClN4O3S. The third kappa shape index (κ3) is 4.25. The molecule has 7 nitrogen and oxygen atoms in total. The number of nitrogens with zero attached hydrogens (tertiary/aromatic N) is 4. The minimum atomic E-state index is -3.65. The van der Waals surface area contributed by atoms with Crippen LogP contribution in [0.15, 0.2) is 84.3 Å². The highest BCUT2D eigenvalue weighted by molar-refractivity contribution is 7.89. The van der Waals surface area contributed by atoms with E-state index in [1.165, 1.54) is 4.31 Å². The van der Waals surface area contributed by atoms with Gasteiger partial charge >= 0.3 is 0 Å². The molecule has 0 bridgehead atoms. The summed E-state index contributed by atoms with van der Waals surface area (Å²) in [7, 11) is -3.65. The summed E-state index contributed by atoms with van der Waals surface area (Å²) in [5, 5.41) is 2.31. The van der Waals surface area contributed by atoms with Gasteiger partial charge in [-0.15, -0.1) is 0 Å². The first kappa shape index (κ1) is 21.6. The third-order valence-electron chi connectivity index (χ3n) is 5.85. The molecule has 3 aromatic carbocycles. The summed E-state index contributed by atoms with van der Waals surface area (Å²) in [6.45, 7) is 1.18. The predicted octanol–water partition coefficient (Wildman–Crippen LogP) is 3.83. The number of hydrogen-bond acceptors (Lipinski definition) is 4. The second-order valence-corrected chi connectivity index (χ2v) is 10.2. The fourth-order valence-electron chi connectivity index (χ4n) is 4.01. The first-order valence-corrected chi connectivity index (χ1v) is 12.3. The van der Waals surface area contributed by atoms with Gasteiger partial charge in [0.15, 0.2) is 0 Å². The molecule has 1 aliphatic rings. The Balaban J connectivity index is 1.27. The molecule has 168 valence electrons. The summed E-state index contributed by atoms with van der Waals surface area (Å²) in [6.07, 6.45) is 5.22. The lowest BCUT2D eigenvalue weighted by atomic mass is 10.1. The lowest BCUT2D eigenvalue weighted by molar-refractivity contribution is 0.0698. The molecule has 33 heavy (non-hydrogen) atoms. The molecule has 0 spiro atoms. The fourth-order valence-corrected chi connectivity index (χ4v) is 5.64. The Morgan fingerprint density at radius 2 is 1.58 bits per heavy atom. The molecule has 9 heteroatoms. The molecule has 0 N–H and O–H groups in total. The third-order valence-corrected chi connectivity index (χ3v) is 7.98. The Morgan fingerprint density at radius 1 is 0.879 bits per heavy atom. The summed E-state index contributed by atoms with van der Waals surface area (Å²) in [5.74, 6) is -0.105. The Labute approximate surface area is 196 Å². The van der Waals surface area contributed by atoms with Crippen LogP contribution in [0.1, 0.15) is 10.4 Å². The zero-order valence-electron chi connectivity index (χ0n) is 17.6. The van der Waals surface area contributed by atoms with Gasteiger partial charge < -0.3 is 9.47 Å². The van der Waals surface area contributed by atoms with Crippen molar-refractivity contribution in [3.8, 4) is 5.69 Å². The number of rotatable bonds is 4. The van der Waals surface area contributed by atoms with E-state index in [0.29, 0.717) is 23.7 Å². The Hall–Kier alpha value is -3.20. The zero-order chi connectivity index (χ0) is 23.0. The summed E-state index contributed by atoms with van der Waals surface area (Å²) >= 11 is 6.02. The quantitative estimate of drug-likeness (QED) is 0.445. The van der Waals surface area contributed by atoms with E-state index in [4.69, 9.17) is 11.6 Å². The van der Waals surface area contributed by atoms with Gasteiger partial charge in [0.1, 0.15) is 0 Å². The Bertz CT molecular complexity index is 1410. The van der Waals surface area contributed by atoms with Gasteiger partial charge in [-0.2, -0.15) is 4.31 Å². The van der Waals surface area contributed by atoms with Gasteiger partial charge in [-0.1, -0.05) is 23.7 Å². The summed E-state index contributed by atoms with van der Waals surface area (Å²) in [5.41, 5.74) is 1.49. The van der Waals surface area contributed by atoms with Crippen LogP contribution in [0.2, 0.25) is 5.02 Å². The normalized spacial score (nSPS) is 15.1. The molecule has 5 rings (SSSR count). The lowest BCUT2D eigenvalue weighted by Crippen LogP contribution is -2.50. The number of hydrogen-bond donors (Lipinski definition) is 0. The maximum atomic E-state index is 13.2. The van der Waals surface area contributed by atoms with Crippen molar-refractivity contribution < 1.29 is 13.2 Å². The van der Waals surface area contributed by atoms with Crippen LogP contribution in [0.3, 0.4) is 0 Å². The van der Waals surface area contributed by atoms with Gasteiger partial charge in [0.05, 0.1) is 11.2 Å². The van der Waals surface area contributed by atoms with E-state index in [0.717, 1.165) is 16.5 Å². The number of amides is 1. The number of carbonyl (C=O) groups is 1. The van der Waals surface area contributed by atoms with Gasteiger partial charge in [-0.3, -0.25) is 4.79 Å².